The van der Waals surface area contributed by atoms with Crippen LogP contribution in [0.3, 0.4) is 0 Å². The van der Waals surface area contributed by atoms with Crippen LogP contribution in [0.1, 0.15) is 57.0 Å². The van der Waals surface area contributed by atoms with Crippen molar-refractivity contribution in [3.63, 3.8) is 0 Å². The third-order valence-corrected chi connectivity index (χ3v) is 4.91. The molecule has 3 aromatic rings. The van der Waals surface area contributed by atoms with E-state index in [9.17, 15) is 14.4 Å². The van der Waals surface area contributed by atoms with Crippen LogP contribution in [0.25, 0.3) is 11.4 Å². The van der Waals surface area contributed by atoms with Crippen molar-refractivity contribution in [2.45, 2.75) is 33.2 Å². The van der Waals surface area contributed by atoms with E-state index in [1.807, 2.05) is 22.8 Å². The van der Waals surface area contributed by atoms with Gasteiger partial charge in [-0.15, -0.1) is 0 Å². The van der Waals surface area contributed by atoms with Crippen molar-refractivity contribution in [2.24, 2.45) is 0 Å². The number of benzene rings is 2. The zero-order valence-electron chi connectivity index (χ0n) is 17.3. The Kier molecular flexibility index (Phi) is 6.57. The van der Waals surface area contributed by atoms with Gasteiger partial charge in [0.05, 0.1) is 12.7 Å². The van der Waals surface area contributed by atoms with Gasteiger partial charge in [0.1, 0.15) is 11.5 Å². The van der Waals surface area contributed by atoms with E-state index in [1.165, 1.54) is 32.6 Å². The summed E-state index contributed by atoms with van der Waals surface area (Å²) in [5.41, 5.74) is 2.82. The molecule has 154 valence electrons. The van der Waals surface area contributed by atoms with Gasteiger partial charge in [-0.05, 0) is 43.5 Å². The molecule has 2 aromatic carbocycles. The molecule has 6 heteroatoms. The summed E-state index contributed by atoms with van der Waals surface area (Å²) in [6.07, 6.45) is 3.45. The molecule has 0 aliphatic carbocycles. The lowest BCUT2D eigenvalue weighted by molar-refractivity contribution is 0.0600. The summed E-state index contributed by atoms with van der Waals surface area (Å²) >= 11 is 0. The number of hydrogen-bond acceptors (Lipinski definition) is 5. The lowest BCUT2D eigenvalue weighted by atomic mass is 10.00. The van der Waals surface area contributed by atoms with E-state index in [2.05, 4.69) is 17.1 Å². The van der Waals surface area contributed by atoms with Gasteiger partial charge >= 0.3 is 5.97 Å². The van der Waals surface area contributed by atoms with E-state index in [1.54, 1.807) is 18.3 Å². The topological polar surface area (TPSA) is 78.3 Å². The molecule has 0 unspecified atom stereocenters. The molecule has 0 bridgehead atoms. The molecule has 0 saturated heterocycles. The number of nitrogens with zero attached hydrogens (tertiary/aromatic N) is 2. The van der Waals surface area contributed by atoms with Crippen LogP contribution < -0.4 is 0 Å². The highest BCUT2D eigenvalue weighted by atomic mass is 16.5. The van der Waals surface area contributed by atoms with E-state index in [0.717, 1.165) is 12.8 Å². The van der Waals surface area contributed by atoms with E-state index in [4.69, 9.17) is 4.74 Å². The molecule has 3 rings (SSSR count). The number of hydrogen-bond donors (Lipinski definition) is 0. The molecule has 0 radical (unpaired) electrons. The highest BCUT2D eigenvalue weighted by Crippen LogP contribution is 2.26. The van der Waals surface area contributed by atoms with E-state index in [-0.39, 0.29) is 11.6 Å². The van der Waals surface area contributed by atoms with Gasteiger partial charge in [0.2, 0.25) is 0 Å². The Bertz CT molecular complexity index is 1080. The van der Waals surface area contributed by atoms with Gasteiger partial charge in [-0.25, -0.2) is 9.78 Å². The number of ketones is 2. The largest absolute Gasteiger partial charge is 0.465 e. The van der Waals surface area contributed by atoms with Gasteiger partial charge in [0.25, 0.3) is 0 Å². The Morgan fingerprint density at radius 2 is 1.73 bits per heavy atom. The first-order valence-electron chi connectivity index (χ1n) is 9.76. The molecule has 1 aromatic heterocycles. The van der Waals surface area contributed by atoms with Gasteiger partial charge in [-0.3, -0.25) is 9.59 Å². The quantitative estimate of drug-likeness (QED) is 0.411. The first-order chi connectivity index (χ1) is 14.4. The fourth-order valence-electron chi connectivity index (χ4n) is 3.34. The number of methoxy groups -OCH3 is 1. The first-order valence-corrected chi connectivity index (χ1v) is 9.76. The van der Waals surface area contributed by atoms with Gasteiger partial charge in [-0.1, -0.05) is 30.3 Å². The Morgan fingerprint density at radius 1 is 1.00 bits per heavy atom. The highest BCUT2D eigenvalue weighted by Gasteiger charge is 2.19. The van der Waals surface area contributed by atoms with Crippen molar-refractivity contribution in [2.75, 3.05) is 7.11 Å². The number of Topliss-reactive ketones (excluding diaryl/α,β-unsaturated/α-hetero) is 2. The number of rotatable bonds is 8. The molecule has 30 heavy (non-hydrogen) atoms. The minimum Gasteiger partial charge on any atom is -0.465 e. The van der Waals surface area contributed by atoms with Crippen molar-refractivity contribution in [3.8, 4) is 11.4 Å². The molecule has 0 amide bonds. The average molecular weight is 404 g/mol. The van der Waals surface area contributed by atoms with Gasteiger partial charge in [0, 0.05) is 30.8 Å². The normalized spacial score (nSPS) is 10.6. The van der Waals surface area contributed by atoms with Crippen molar-refractivity contribution in [1.29, 1.82) is 0 Å². The molecular weight excluding hydrogens is 380 g/mol. The summed E-state index contributed by atoms with van der Waals surface area (Å²) in [6, 6.07) is 15.0. The Labute approximate surface area is 175 Å². The summed E-state index contributed by atoms with van der Waals surface area (Å²) in [7, 11) is 1.29. The third kappa shape index (κ3) is 4.71. The van der Waals surface area contributed by atoms with E-state index in [0.29, 0.717) is 34.8 Å². The fourth-order valence-corrected chi connectivity index (χ4v) is 3.34. The standard InChI is InChI=1S/C24H24N2O4/c1-16(27)21-14-19(24(29)30-3)11-12-20(21)23-25-22(17(2)28)15-26(23)13-7-10-18-8-5-4-6-9-18/h4-6,8-9,11-12,14-15H,7,10,13H2,1-3H3. The second-order valence-corrected chi connectivity index (χ2v) is 7.10. The van der Waals surface area contributed by atoms with Crippen LogP contribution in [-0.2, 0) is 17.7 Å². The minimum absolute atomic E-state index is 0.145. The summed E-state index contributed by atoms with van der Waals surface area (Å²) in [6.45, 7) is 3.54. The Hall–Kier alpha value is -3.54. The van der Waals surface area contributed by atoms with Crippen LogP contribution in [0, 0.1) is 0 Å². The number of ether oxygens (including phenoxy) is 1. The summed E-state index contributed by atoms with van der Waals surface area (Å²) in [5, 5.41) is 0. The van der Waals surface area contributed by atoms with E-state index < -0.39 is 5.97 Å². The van der Waals surface area contributed by atoms with Gasteiger partial charge in [-0.2, -0.15) is 0 Å². The van der Waals surface area contributed by atoms with Crippen molar-refractivity contribution >= 4 is 17.5 Å². The number of carbonyl (C=O) groups is 3. The maximum Gasteiger partial charge on any atom is 0.337 e. The van der Waals surface area contributed by atoms with E-state index >= 15 is 0 Å². The zero-order chi connectivity index (χ0) is 21.7. The van der Waals surface area contributed by atoms with Gasteiger partial charge in [0.15, 0.2) is 11.6 Å². The number of esters is 1. The SMILES string of the molecule is COC(=O)c1ccc(-c2nc(C(C)=O)cn2CCCc2ccccc2)c(C(C)=O)c1. The lowest BCUT2D eigenvalue weighted by Crippen LogP contribution is -2.07. The van der Waals surface area contributed by atoms with Crippen LogP contribution in [0.15, 0.2) is 54.7 Å². The fraction of sp³-hybridized carbons (Fsp3) is 0.250. The molecule has 6 nitrogen and oxygen atoms in total. The zero-order valence-corrected chi connectivity index (χ0v) is 17.3. The number of aromatic nitrogens is 2. The minimum atomic E-state index is -0.514. The molecule has 0 atom stereocenters. The lowest BCUT2D eigenvalue weighted by Gasteiger charge is -2.12. The second-order valence-electron chi connectivity index (χ2n) is 7.10. The van der Waals surface area contributed by atoms with Crippen LogP contribution >= 0.6 is 0 Å². The first kappa shape index (κ1) is 21.2. The molecule has 1 heterocycles. The predicted octanol–water partition coefficient (Wildman–Crippen LogP) is 4.37. The maximum absolute atomic E-state index is 12.3. The summed E-state index contributed by atoms with van der Waals surface area (Å²) in [4.78, 5) is 40.6. The molecule has 0 saturated carbocycles. The molecular formula is C24H24N2O4. The van der Waals surface area contributed by atoms with Crippen LogP contribution in [-0.4, -0.2) is 34.2 Å². The molecule has 0 aliphatic rings. The third-order valence-electron chi connectivity index (χ3n) is 4.91. The predicted molar refractivity (Wildman–Crippen MR) is 114 cm³/mol. The highest BCUT2D eigenvalue weighted by molar-refractivity contribution is 6.03. The summed E-state index contributed by atoms with van der Waals surface area (Å²) < 4.78 is 6.66. The monoisotopic (exact) mass is 404 g/mol. The van der Waals surface area contributed by atoms with Crippen molar-refractivity contribution in [1.82, 2.24) is 9.55 Å². The van der Waals surface area contributed by atoms with Crippen LogP contribution in [0.4, 0.5) is 0 Å². The van der Waals surface area contributed by atoms with Crippen molar-refractivity contribution in [3.05, 3.63) is 77.1 Å². The van der Waals surface area contributed by atoms with Gasteiger partial charge < -0.3 is 9.30 Å². The maximum atomic E-state index is 12.3. The average Bonchev–Trinajstić information content (AvgIpc) is 3.18. The Balaban J connectivity index is 1.97. The van der Waals surface area contributed by atoms with Crippen molar-refractivity contribution < 1.29 is 19.1 Å². The number of carbonyl (C=O) groups excluding carboxylic acids is 3. The Morgan fingerprint density at radius 3 is 2.37 bits per heavy atom. The smallest absolute Gasteiger partial charge is 0.337 e. The summed E-state index contributed by atoms with van der Waals surface area (Å²) in [5.74, 6) is -0.317. The number of imidazole rings is 1. The molecule has 0 aliphatic heterocycles. The number of aryl methyl sites for hydroxylation is 2. The van der Waals surface area contributed by atoms with Crippen LogP contribution in [0.5, 0.6) is 0 Å². The van der Waals surface area contributed by atoms with Crippen LogP contribution in [0.2, 0.25) is 0 Å². The second kappa shape index (κ2) is 9.31. The molecule has 0 fully saturated rings. The molecule has 0 spiro atoms. The molecule has 0 N–H and O–H groups in total.